The van der Waals surface area contributed by atoms with Crippen LogP contribution in [0.3, 0.4) is 0 Å². The molecule has 50 heavy (non-hydrogen) atoms. The van der Waals surface area contributed by atoms with E-state index in [1.54, 1.807) is 0 Å². The first-order valence-corrected chi connectivity index (χ1v) is 16.8. The molecule has 230 valence electrons. The van der Waals surface area contributed by atoms with Crippen LogP contribution in [0.4, 0.5) is 0 Å². The Labute approximate surface area is 286 Å². The van der Waals surface area contributed by atoms with Crippen molar-refractivity contribution in [2.24, 2.45) is 0 Å². The normalized spacial score (nSPS) is 15.6. The van der Waals surface area contributed by atoms with Gasteiger partial charge in [-0.2, -0.15) is 10.5 Å². The summed E-state index contributed by atoms with van der Waals surface area (Å²) in [5, 5.41) is 25.0. The SMILES string of the molecule is N#Cc1cccc2c1C1c3cc(-c4cccc5c4oc4ccccc45)c(-c4cccc5c4oc4ccccc45)cc3C2c2c(C#N)cccc21. The van der Waals surface area contributed by atoms with Gasteiger partial charge in [-0.05, 0) is 80.9 Å². The molecule has 2 aromatic heterocycles. The molecule has 2 bridgehead atoms. The molecule has 0 N–H and O–H groups in total. The summed E-state index contributed by atoms with van der Waals surface area (Å²) in [6.07, 6.45) is 0. The van der Waals surface area contributed by atoms with Gasteiger partial charge in [0.2, 0.25) is 0 Å². The van der Waals surface area contributed by atoms with Crippen molar-refractivity contribution in [3.05, 3.63) is 178 Å². The van der Waals surface area contributed by atoms with Gasteiger partial charge in [-0.1, -0.05) is 97.1 Å². The highest BCUT2D eigenvalue weighted by Crippen LogP contribution is 2.59. The molecule has 2 atom stereocenters. The van der Waals surface area contributed by atoms with Gasteiger partial charge in [-0.25, -0.2) is 0 Å². The van der Waals surface area contributed by atoms with Crippen LogP contribution in [0.15, 0.2) is 142 Å². The molecule has 4 heteroatoms. The zero-order valence-corrected chi connectivity index (χ0v) is 26.6. The fourth-order valence-corrected chi connectivity index (χ4v) is 8.96. The third kappa shape index (κ3) is 3.42. The summed E-state index contributed by atoms with van der Waals surface area (Å²) >= 11 is 0. The molecule has 0 radical (unpaired) electrons. The number of hydrogen-bond acceptors (Lipinski definition) is 4. The zero-order chi connectivity index (χ0) is 33.1. The smallest absolute Gasteiger partial charge is 0.143 e. The highest BCUT2D eigenvalue weighted by Gasteiger charge is 2.44. The molecule has 0 aliphatic heterocycles. The van der Waals surface area contributed by atoms with E-state index in [4.69, 9.17) is 8.83 Å². The number of nitrogens with zero attached hydrogens (tertiary/aromatic N) is 2. The van der Waals surface area contributed by atoms with Crippen LogP contribution in [-0.2, 0) is 0 Å². The second-order valence-corrected chi connectivity index (χ2v) is 13.3. The van der Waals surface area contributed by atoms with E-state index in [-0.39, 0.29) is 11.8 Å². The number of fused-ring (bicyclic) bond motifs is 6. The minimum atomic E-state index is -0.200. The Hall–Kier alpha value is -6.88. The summed E-state index contributed by atoms with van der Waals surface area (Å²) in [4.78, 5) is 0. The van der Waals surface area contributed by atoms with Crippen molar-refractivity contribution < 1.29 is 8.83 Å². The standard InChI is InChI=1S/C46H24N2O2/c47-23-25-9-6-18-34-41(25)43-33-17-5-10-26(24-48)42(33)44(34)38-22-36(32-16-8-14-30-28-12-2-4-20-40(28)50-46(30)32)35(21-37(38)43)31-15-7-13-29-27-11-1-3-19-39(27)49-45(29)31/h1-22,43-44H. The van der Waals surface area contributed by atoms with E-state index < -0.39 is 0 Å². The molecule has 0 amide bonds. The Kier molecular flexibility index (Phi) is 5.33. The monoisotopic (exact) mass is 636 g/mol. The number of furan rings is 2. The van der Waals surface area contributed by atoms with E-state index in [1.807, 2.05) is 60.7 Å². The molecular formula is C46H24N2O2. The van der Waals surface area contributed by atoms with Gasteiger partial charge < -0.3 is 8.83 Å². The summed E-state index contributed by atoms with van der Waals surface area (Å²) in [7, 11) is 0. The average molecular weight is 637 g/mol. The van der Waals surface area contributed by atoms with Crippen molar-refractivity contribution >= 4 is 43.9 Å². The number of para-hydroxylation sites is 4. The molecule has 0 fully saturated rings. The third-order valence-electron chi connectivity index (χ3n) is 11.0. The van der Waals surface area contributed by atoms with Gasteiger partial charge in [0.05, 0.1) is 23.3 Å². The predicted octanol–water partition coefficient (Wildman–Crippen LogP) is 11.5. The zero-order valence-electron chi connectivity index (χ0n) is 26.6. The molecule has 9 aromatic rings. The minimum Gasteiger partial charge on any atom is -0.455 e. The van der Waals surface area contributed by atoms with Crippen LogP contribution >= 0.6 is 0 Å². The summed E-state index contributed by atoms with van der Waals surface area (Å²) in [5.74, 6) is -0.400. The maximum atomic E-state index is 10.4. The second kappa shape index (κ2) is 9.83. The van der Waals surface area contributed by atoms with Gasteiger partial charge in [0.25, 0.3) is 0 Å². The van der Waals surface area contributed by atoms with Crippen LogP contribution in [0.1, 0.15) is 56.3 Å². The largest absolute Gasteiger partial charge is 0.455 e. The molecule has 2 heterocycles. The number of benzene rings is 7. The quantitative estimate of drug-likeness (QED) is 0.189. The van der Waals surface area contributed by atoms with Crippen LogP contribution in [0.5, 0.6) is 0 Å². The summed E-state index contributed by atoms with van der Waals surface area (Å²) in [5.41, 5.74) is 15.3. The lowest BCUT2D eigenvalue weighted by molar-refractivity contribution is 0.669. The Morgan fingerprint density at radius 3 is 1.28 bits per heavy atom. The Balaban J connectivity index is 1.29. The number of nitriles is 2. The second-order valence-electron chi connectivity index (χ2n) is 13.3. The van der Waals surface area contributed by atoms with Crippen molar-refractivity contribution in [3.63, 3.8) is 0 Å². The van der Waals surface area contributed by atoms with Gasteiger partial charge in [-0.15, -0.1) is 0 Å². The average Bonchev–Trinajstić information content (AvgIpc) is 3.75. The summed E-state index contributed by atoms with van der Waals surface area (Å²) in [6, 6.07) is 50.8. The lowest BCUT2D eigenvalue weighted by atomic mass is 9.59. The first-order valence-electron chi connectivity index (χ1n) is 16.8. The maximum Gasteiger partial charge on any atom is 0.143 e. The van der Waals surface area contributed by atoms with E-state index >= 15 is 0 Å². The minimum absolute atomic E-state index is 0.200. The van der Waals surface area contributed by atoms with E-state index in [9.17, 15) is 10.5 Å². The van der Waals surface area contributed by atoms with Crippen molar-refractivity contribution in [1.29, 1.82) is 10.5 Å². The summed E-state index contributed by atoms with van der Waals surface area (Å²) in [6.45, 7) is 0. The Morgan fingerprint density at radius 1 is 0.400 bits per heavy atom. The highest BCUT2D eigenvalue weighted by atomic mass is 16.3. The van der Waals surface area contributed by atoms with Gasteiger partial charge in [-0.3, -0.25) is 0 Å². The summed E-state index contributed by atoms with van der Waals surface area (Å²) < 4.78 is 13.3. The van der Waals surface area contributed by atoms with E-state index in [2.05, 4.69) is 84.9 Å². The molecule has 0 spiro atoms. The number of hydrogen-bond donors (Lipinski definition) is 0. The third-order valence-corrected chi connectivity index (χ3v) is 11.0. The fourth-order valence-electron chi connectivity index (χ4n) is 8.96. The molecule has 0 saturated heterocycles. The lowest BCUT2D eigenvalue weighted by Crippen LogP contribution is -2.29. The number of rotatable bonds is 2. The molecule has 0 saturated carbocycles. The lowest BCUT2D eigenvalue weighted by Gasteiger charge is -2.43. The molecule has 12 rings (SSSR count). The van der Waals surface area contributed by atoms with Gasteiger partial charge in [0.15, 0.2) is 0 Å². The Morgan fingerprint density at radius 2 is 0.820 bits per heavy atom. The highest BCUT2D eigenvalue weighted by molar-refractivity contribution is 6.13. The van der Waals surface area contributed by atoms with Crippen LogP contribution in [0.2, 0.25) is 0 Å². The van der Waals surface area contributed by atoms with Gasteiger partial charge in [0, 0.05) is 44.5 Å². The van der Waals surface area contributed by atoms with E-state index in [0.29, 0.717) is 11.1 Å². The topological polar surface area (TPSA) is 73.9 Å². The molecule has 3 aliphatic carbocycles. The van der Waals surface area contributed by atoms with Crippen molar-refractivity contribution in [3.8, 4) is 34.4 Å². The van der Waals surface area contributed by atoms with Crippen LogP contribution in [-0.4, -0.2) is 0 Å². The maximum absolute atomic E-state index is 10.4. The fraction of sp³-hybridized carbons (Fsp3) is 0.0435. The molecule has 3 aliphatic rings. The van der Waals surface area contributed by atoms with Crippen LogP contribution < -0.4 is 0 Å². The van der Waals surface area contributed by atoms with Crippen molar-refractivity contribution in [1.82, 2.24) is 0 Å². The molecule has 4 nitrogen and oxygen atoms in total. The first-order chi connectivity index (χ1) is 24.7. The van der Waals surface area contributed by atoms with Crippen molar-refractivity contribution in [2.75, 3.05) is 0 Å². The molecule has 7 aromatic carbocycles. The molecular weight excluding hydrogens is 613 g/mol. The van der Waals surface area contributed by atoms with Crippen LogP contribution in [0, 0.1) is 22.7 Å². The Bertz CT molecular complexity index is 2830. The van der Waals surface area contributed by atoms with E-state index in [0.717, 1.165) is 99.5 Å². The van der Waals surface area contributed by atoms with Gasteiger partial charge in [0.1, 0.15) is 22.3 Å². The van der Waals surface area contributed by atoms with Gasteiger partial charge >= 0.3 is 0 Å². The van der Waals surface area contributed by atoms with Crippen molar-refractivity contribution in [2.45, 2.75) is 11.8 Å². The molecule has 2 unspecified atom stereocenters. The predicted molar refractivity (Wildman–Crippen MR) is 196 cm³/mol. The van der Waals surface area contributed by atoms with Crippen LogP contribution in [0.25, 0.3) is 66.1 Å². The first kappa shape index (κ1) is 27.1. The van der Waals surface area contributed by atoms with E-state index in [1.165, 1.54) is 0 Å².